The van der Waals surface area contributed by atoms with Crippen molar-refractivity contribution in [3.8, 4) is 11.6 Å². The summed E-state index contributed by atoms with van der Waals surface area (Å²) in [6, 6.07) is 9.26. The zero-order valence-corrected chi connectivity index (χ0v) is 13.7. The van der Waals surface area contributed by atoms with Gasteiger partial charge in [-0.25, -0.2) is 0 Å². The first-order valence-corrected chi connectivity index (χ1v) is 7.62. The fraction of sp³-hybridized carbons (Fsp3) is 0.176. The first kappa shape index (κ1) is 17.6. The predicted octanol–water partition coefficient (Wildman–Crippen LogP) is 3.04. The highest BCUT2D eigenvalue weighted by Gasteiger charge is 2.32. The van der Waals surface area contributed by atoms with Crippen LogP contribution in [0.15, 0.2) is 55.0 Å². The van der Waals surface area contributed by atoms with Crippen molar-refractivity contribution in [3.63, 3.8) is 0 Å². The molecule has 136 valence electrons. The summed E-state index contributed by atoms with van der Waals surface area (Å²) in [6.07, 6.45) is 0.133. The van der Waals surface area contributed by atoms with E-state index in [9.17, 15) is 18.0 Å². The van der Waals surface area contributed by atoms with Gasteiger partial charge in [-0.2, -0.15) is 5.10 Å². The molecule has 0 aliphatic heterocycles. The summed E-state index contributed by atoms with van der Waals surface area (Å²) in [4.78, 5) is 12.5. The highest BCUT2D eigenvalue weighted by molar-refractivity contribution is 5.97. The lowest BCUT2D eigenvalue weighted by molar-refractivity contribution is -0.274. The van der Waals surface area contributed by atoms with Gasteiger partial charge in [0, 0.05) is 31.5 Å². The summed E-state index contributed by atoms with van der Waals surface area (Å²) in [7, 11) is 1.69. The first-order chi connectivity index (χ1) is 12.3. The average molecular weight is 364 g/mol. The second-order valence-corrected chi connectivity index (χ2v) is 5.43. The largest absolute Gasteiger partial charge is 0.573 e. The molecule has 0 fully saturated rings. The third-order valence-electron chi connectivity index (χ3n) is 3.64. The number of aromatic nitrogens is 3. The zero-order chi connectivity index (χ0) is 18.7. The standard InChI is InChI=1S/C17H15F3N4O2/c1-23-16(24-8-4-5-9-24)13(11-22-23)15(25)21-10-12-6-2-3-7-14(12)26-17(18,19)20/h2-9,11H,10H2,1H3,(H,21,25). The van der Waals surface area contributed by atoms with E-state index in [0.29, 0.717) is 11.4 Å². The number of nitrogens with zero attached hydrogens (tertiary/aromatic N) is 3. The molecule has 1 aromatic carbocycles. The molecule has 0 saturated heterocycles. The molecule has 9 heteroatoms. The number of nitrogens with one attached hydrogen (secondary N) is 1. The van der Waals surface area contributed by atoms with E-state index >= 15 is 0 Å². The van der Waals surface area contributed by atoms with Crippen LogP contribution in [-0.4, -0.2) is 26.6 Å². The van der Waals surface area contributed by atoms with Gasteiger partial charge in [-0.3, -0.25) is 9.48 Å². The lowest BCUT2D eigenvalue weighted by Crippen LogP contribution is -2.25. The van der Waals surface area contributed by atoms with Crippen LogP contribution in [-0.2, 0) is 13.6 Å². The minimum atomic E-state index is -4.80. The van der Waals surface area contributed by atoms with Crippen LogP contribution >= 0.6 is 0 Å². The summed E-state index contributed by atoms with van der Waals surface area (Å²) in [5.41, 5.74) is 0.516. The maximum atomic E-state index is 12.5. The number of halogens is 3. The van der Waals surface area contributed by atoms with Crippen molar-refractivity contribution in [2.75, 3.05) is 0 Å². The molecule has 3 rings (SSSR count). The molecule has 0 spiro atoms. The van der Waals surface area contributed by atoms with Crippen LogP contribution in [0.25, 0.3) is 5.82 Å². The maximum Gasteiger partial charge on any atom is 0.573 e. The molecule has 26 heavy (non-hydrogen) atoms. The lowest BCUT2D eigenvalue weighted by Gasteiger charge is -2.14. The van der Waals surface area contributed by atoms with E-state index in [1.54, 1.807) is 42.2 Å². The molecule has 1 N–H and O–H groups in total. The van der Waals surface area contributed by atoms with Crippen LogP contribution in [0.1, 0.15) is 15.9 Å². The molecular formula is C17H15F3N4O2. The van der Waals surface area contributed by atoms with Crippen LogP contribution in [0, 0.1) is 0 Å². The van der Waals surface area contributed by atoms with Gasteiger partial charge >= 0.3 is 6.36 Å². The molecule has 0 saturated carbocycles. The smallest absolute Gasteiger partial charge is 0.405 e. The Labute approximate surface area is 146 Å². The van der Waals surface area contributed by atoms with Crippen LogP contribution < -0.4 is 10.1 Å². The number of aryl methyl sites for hydroxylation is 1. The first-order valence-electron chi connectivity index (χ1n) is 7.62. The molecule has 0 atom stereocenters. The van der Waals surface area contributed by atoms with Crippen LogP contribution in [0.2, 0.25) is 0 Å². The molecule has 0 radical (unpaired) electrons. The van der Waals surface area contributed by atoms with Crippen molar-refractivity contribution in [1.82, 2.24) is 19.7 Å². The molecule has 0 bridgehead atoms. The van der Waals surface area contributed by atoms with Crippen molar-refractivity contribution >= 4 is 5.91 Å². The monoisotopic (exact) mass is 364 g/mol. The second kappa shape index (κ2) is 6.95. The number of carbonyl (C=O) groups is 1. The summed E-state index contributed by atoms with van der Waals surface area (Å²) in [5.74, 6) is -0.256. The van der Waals surface area contributed by atoms with E-state index in [-0.39, 0.29) is 17.9 Å². The van der Waals surface area contributed by atoms with Crippen LogP contribution in [0.5, 0.6) is 5.75 Å². The van der Waals surface area contributed by atoms with Gasteiger partial charge in [-0.15, -0.1) is 13.2 Å². The van der Waals surface area contributed by atoms with Crippen molar-refractivity contribution in [2.45, 2.75) is 12.9 Å². The molecular weight excluding hydrogens is 349 g/mol. The van der Waals surface area contributed by atoms with E-state index in [1.807, 2.05) is 0 Å². The Morgan fingerprint density at radius 3 is 2.58 bits per heavy atom. The zero-order valence-electron chi connectivity index (χ0n) is 13.7. The Hall–Kier alpha value is -3.23. The Morgan fingerprint density at radius 2 is 1.88 bits per heavy atom. The Kier molecular flexibility index (Phi) is 4.70. The fourth-order valence-electron chi connectivity index (χ4n) is 2.52. The van der Waals surface area contributed by atoms with Gasteiger partial charge < -0.3 is 14.6 Å². The quantitative estimate of drug-likeness (QED) is 0.757. The highest BCUT2D eigenvalue weighted by Crippen LogP contribution is 2.26. The third-order valence-corrected chi connectivity index (χ3v) is 3.64. The lowest BCUT2D eigenvalue weighted by atomic mass is 10.2. The van der Waals surface area contributed by atoms with Gasteiger partial charge in [-0.1, -0.05) is 18.2 Å². The number of alkyl halides is 3. The Balaban J connectivity index is 1.77. The summed E-state index contributed by atoms with van der Waals surface area (Å²) in [6.45, 7) is -0.120. The van der Waals surface area contributed by atoms with Crippen LogP contribution in [0.3, 0.4) is 0 Å². The molecule has 0 unspecified atom stereocenters. The van der Waals surface area contributed by atoms with Gasteiger partial charge in [0.1, 0.15) is 17.1 Å². The Morgan fingerprint density at radius 1 is 1.19 bits per heavy atom. The van der Waals surface area contributed by atoms with Crippen molar-refractivity contribution in [3.05, 3.63) is 66.1 Å². The number of hydrogen-bond donors (Lipinski definition) is 1. The maximum absolute atomic E-state index is 12.5. The minimum Gasteiger partial charge on any atom is -0.405 e. The number of hydrogen-bond acceptors (Lipinski definition) is 3. The van der Waals surface area contributed by atoms with Gasteiger partial charge in [-0.05, 0) is 18.2 Å². The van der Waals surface area contributed by atoms with Gasteiger partial charge in [0.2, 0.25) is 0 Å². The van der Waals surface area contributed by atoms with E-state index in [0.717, 1.165) is 0 Å². The third kappa shape index (κ3) is 3.88. The van der Waals surface area contributed by atoms with Crippen molar-refractivity contribution in [1.29, 1.82) is 0 Å². The number of rotatable bonds is 5. The molecule has 0 aliphatic rings. The van der Waals surface area contributed by atoms with Crippen LogP contribution in [0.4, 0.5) is 13.2 Å². The van der Waals surface area contributed by atoms with Gasteiger partial charge in [0.15, 0.2) is 0 Å². The predicted molar refractivity (Wildman–Crippen MR) is 86.8 cm³/mol. The molecule has 6 nitrogen and oxygen atoms in total. The highest BCUT2D eigenvalue weighted by atomic mass is 19.4. The molecule has 3 aromatic rings. The van der Waals surface area contributed by atoms with E-state index in [4.69, 9.17) is 0 Å². The van der Waals surface area contributed by atoms with Crippen molar-refractivity contribution < 1.29 is 22.7 Å². The van der Waals surface area contributed by atoms with E-state index < -0.39 is 12.3 Å². The topological polar surface area (TPSA) is 61.1 Å². The van der Waals surface area contributed by atoms with Gasteiger partial charge in [0.05, 0.1) is 6.20 Å². The number of amides is 1. The van der Waals surface area contributed by atoms with E-state index in [1.165, 1.54) is 29.1 Å². The fourth-order valence-corrected chi connectivity index (χ4v) is 2.52. The summed E-state index contributed by atoms with van der Waals surface area (Å²) >= 11 is 0. The number of carbonyl (C=O) groups excluding carboxylic acids is 1. The molecule has 1 amide bonds. The molecule has 2 aromatic heterocycles. The minimum absolute atomic E-state index is 0.120. The normalized spacial score (nSPS) is 11.4. The Bertz CT molecular complexity index is 901. The summed E-state index contributed by atoms with van der Waals surface area (Å²) in [5, 5.41) is 6.68. The average Bonchev–Trinajstić information content (AvgIpc) is 3.21. The summed E-state index contributed by atoms with van der Waals surface area (Å²) < 4.78 is 44.7. The SMILES string of the molecule is Cn1ncc(C(=O)NCc2ccccc2OC(F)(F)F)c1-n1cccc1. The van der Waals surface area contributed by atoms with Crippen molar-refractivity contribution in [2.24, 2.45) is 7.05 Å². The molecule has 0 aliphatic carbocycles. The number of para-hydroxylation sites is 1. The number of ether oxygens (including phenoxy) is 1. The van der Waals surface area contributed by atoms with Gasteiger partial charge in [0.25, 0.3) is 5.91 Å². The second-order valence-electron chi connectivity index (χ2n) is 5.43. The van der Waals surface area contributed by atoms with E-state index in [2.05, 4.69) is 15.2 Å². The molecule has 2 heterocycles. The number of benzene rings is 1.